The molecule has 2 rings (SSSR count). The summed E-state index contributed by atoms with van der Waals surface area (Å²) in [5, 5.41) is 5.89. The number of rotatable bonds is 6. The van der Waals surface area contributed by atoms with Crippen molar-refractivity contribution in [2.45, 2.75) is 59.4 Å². The Hall–Kier alpha value is -0.340. The van der Waals surface area contributed by atoms with Crippen molar-refractivity contribution in [3.63, 3.8) is 0 Å². The molecule has 1 aromatic heterocycles. The molecule has 0 bridgehead atoms. The van der Waals surface area contributed by atoms with Crippen LogP contribution in [-0.4, -0.2) is 12.6 Å². The minimum Gasteiger partial charge on any atom is -0.314 e. The molecule has 3 atom stereocenters. The maximum Gasteiger partial charge on any atom is 0.00480 e. The topological polar surface area (TPSA) is 12.0 Å². The molecular weight excluding hydrogens is 262 g/mol. The van der Waals surface area contributed by atoms with Crippen LogP contribution < -0.4 is 5.32 Å². The fraction of sp³-hybridized carbons (Fsp3) is 0.778. The van der Waals surface area contributed by atoms with Gasteiger partial charge in [-0.3, -0.25) is 0 Å². The molecule has 0 radical (unpaired) electrons. The summed E-state index contributed by atoms with van der Waals surface area (Å²) in [4.78, 5) is 1.58. The Kier molecular flexibility index (Phi) is 6.10. The highest BCUT2D eigenvalue weighted by Gasteiger charge is 2.31. The van der Waals surface area contributed by atoms with Crippen molar-refractivity contribution in [3.8, 4) is 0 Å². The monoisotopic (exact) mass is 293 g/mol. The molecular formula is C18H31NS. The summed E-state index contributed by atoms with van der Waals surface area (Å²) >= 11 is 1.93. The van der Waals surface area contributed by atoms with Crippen LogP contribution in [0.2, 0.25) is 0 Å². The molecule has 0 spiro atoms. The minimum atomic E-state index is 0.611. The Morgan fingerprint density at radius 2 is 2.00 bits per heavy atom. The standard InChI is InChI=1S/C18H31NS/c1-13(2)15-7-8-16(12-19-14(3)4)17(10-15)11-18-6-5-9-20-18/h5-6,9,13-17,19H,7-8,10-12H2,1-4H3. The molecule has 1 aromatic rings. The zero-order valence-electron chi connectivity index (χ0n) is 13.6. The molecule has 0 amide bonds. The Morgan fingerprint density at radius 1 is 1.20 bits per heavy atom. The largest absolute Gasteiger partial charge is 0.314 e. The summed E-state index contributed by atoms with van der Waals surface area (Å²) in [6.45, 7) is 10.5. The Morgan fingerprint density at radius 3 is 2.60 bits per heavy atom. The second-order valence-corrected chi connectivity index (χ2v) is 8.22. The van der Waals surface area contributed by atoms with Crippen molar-refractivity contribution in [1.29, 1.82) is 0 Å². The smallest absolute Gasteiger partial charge is 0.00480 e. The number of hydrogen-bond donors (Lipinski definition) is 1. The predicted molar refractivity (Wildman–Crippen MR) is 90.3 cm³/mol. The van der Waals surface area contributed by atoms with Crippen molar-refractivity contribution in [2.24, 2.45) is 23.7 Å². The van der Waals surface area contributed by atoms with E-state index in [2.05, 4.69) is 50.5 Å². The zero-order chi connectivity index (χ0) is 14.5. The summed E-state index contributed by atoms with van der Waals surface area (Å²) < 4.78 is 0. The van der Waals surface area contributed by atoms with Gasteiger partial charge in [-0.25, -0.2) is 0 Å². The summed E-state index contributed by atoms with van der Waals surface area (Å²) in [5.74, 6) is 3.53. The van der Waals surface area contributed by atoms with Crippen LogP contribution in [0.4, 0.5) is 0 Å². The molecule has 1 aliphatic rings. The van der Waals surface area contributed by atoms with Crippen molar-refractivity contribution >= 4 is 11.3 Å². The van der Waals surface area contributed by atoms with E-state index in [-0.39, 0.29) is 0 Å². The molecule has 1 nitrogen and oxygen atoms in total. The molecule has 2 heteroatoms. The Balaban J connectivity index is 1.97. The van der Waals surface area contributed by atoms with Crippen molar-refractivity contribution in [1.82, 2.24) is 5.32 Å². The van der Waals surface area contributed by atoms with Gasteiger partial charge >= 0.3 is 0 Å². The fourth-order valence-corrected chi connectivity index (χ4v) is 4.36. The van der Waals surface area contributed by atoms with E-state index < -0.39 is 0 Å². The van der Waals surface area contributed by atoms with Gasteiger partial charge in [-0.1, -0.05) is 33.8 Å². The fourth-order valence-electron chi connectivity index (χ4n) is 3.56. The van der Waals surface area contributed by atoms with Crippen LogP contribution in [0.25, 0.3) is 0 Å². The van der Waals surface area contributed by atoms with E-state index in [1.54, 1.807) is 4.88 Å². The average Bonchev–Trinajstić information content (AvgIpc) is 2.89. The zero-order valence-corrected chi connectivity index (χ0v) is 14.4. The van der Waals surface area contributed by atoms with Crippen LogP contribution >= 0.6 is 11.3 Å². The number of hydrogen-bond acceptors (Lipinski definition) is 2. The summed E-state index contributed by atoms with van der Waals surface area (Å²) in [6, 6.07) is 5.13. The first-order chi connectivity index (χ1) is 9.56. The van der Waals surface area contributed by atoms with E-state index in [1.165, 1.54) is 32.2 Å². The Bertz CT molecular complexity index is 369. The summed E-state index contributed by atoms with van der Waals surface area (Å²) in [6.07, 6.45) is 5.58. The summed E-state index contributed by atoms with van der Waals surface area (Å²) in [7, 11) is 0. The second-order valence-electron chi connectivity index (χ2n) is 7.18. The lowest BCUT2D eigenvalue weighted by atomic mass is 9.69. The van der Waals surface area contributed by atoms with Gasteiger partial charge in [-0.2, -0.15) is 0 Å². The van der Waals surface area contributed by atoms with Crippen LogP contribution in [0.3, 0.4) is 0 Å². The molecule has 20 heavy (non-hydrogen) atoms. The highest BCUT2D eigenvalue weighted by atomic mass is 32.1. The van der Waals surface area contributed by atoms with Crippen LogP contribution in [0, 0.1) is 23.7 Å². The molecule has 3 unspecified atom stereocenters. The highest BCUT2D eigenvalue weighted by molar-refractivity contribution is 7.09. The van der Waals surface area contributed by atoms with Crippen LogP contribution in [-0.2, 0) is 6.42 Å². The molecule has 0 aromatic carbocycles. The van der Waals surface area contributed by atoms with Gasteiger partial charge < -0.3 is 5.32 Å². The first-order valence-corrected chi connectivity index (χ1v) is 9.20. The van der Waals surface area contributed by atoms with Crippen LogP contribution in [0.1, 0.15) is 51.8 Å². The minimum absolute atomic E-state index is 0.611. The third kappa shape index (κ3) is 4.60. The third-order valence-electron chi connectivity index (χ3n) is 4.95. The molecule has 0 aliphatic heterocycles. The molecule has 1 fully saturated rings. The molecule has 1 N–H and O–H groups in total. The second kappa shape index (κ2) is 7.61. The van der Waals surface area contributed by atoms with Crippen molar-refractivity contribution < 1.29 is 0 Å². The first kappa shape index (κ1) is 16.0. The SMILES string of the molecule is CC(C)NCC1CCC(C(C)C)CC1Cc1cccs1. The van der Waals surface area contributed by atoms with Crippen molar-refractivity contribution in [2.75, 3.05) is 6.54 Å². The van der Waals surface area contributed by atoms with E-state index >= 15 is 0 Å². The van der Waals surface area contributed by atoms with Gasteiger partial charge in [0.1, 0.15) is 0 Å². The predicted octanol–water partition coefficient (Wildman–Crippen LogP) is 4.98. The van der Waals surface area contributed by atoms with Gasteiger partial charge in [0.15, 0.2) is 0 Å². The summed E-state index contributed by atoms with van der Waals surface area (Å²) in [5.41, 5.74) is 0. The normalized spacial score (nSPS) is 27.4. The van der Waals surface area contributed by atoms with Gasteiger partial charge in [-0.05, 0) is 67.3 Å². The van der Waals surface area contributed by atoms with E-state index in [1.807, 2.05) is 11.3 Å². The molecule has 114 valence electrons. The maximum atomic E-state index is 3.67. The van der Waals surface area contributed by atoms with E-state index in [0.29, 0.717) is 6.04 Å². The number of nitrogens with one attached hydrogen (secondary N) is 1. The van der Waals surface area contributed by atoms with Gasteiger partial charge in [0.25, 0.3) is 0 Å². The molecule has 1 aliphatic carbocycles. The average molecular weight is 294 g/mol. The van der Waals surface area contributed by atoms with Gasteiger partial charge in [-0.15, -0.1) is 11.3 Å². The maximum absolute atomic E-state index is 3.67. The third-order valence-corrected chi connectivity index (χ3v) is 5.85. The number of thiophene rings is 1. The van der Waals surface area contributed by atoms with Crippen LogP contribution in [0.5, 0.6) is 0 Å². The quantitative estimate of drug-likeness (QED) is 0.780. The lowest BCUT2D eigenvalue weighted by Crippen LogP contribution is -2.37. The molecule has 1 heterocycles. The first-order valence-electron chi connectivity index (χ1n) is 8.32. The lowest BCUT2D eigenvalue weighted by Gasteiger charge is -2.38. The van der Waals surface area contributed by atoms with E-state index in [0.717, 1.165) is 23.7 Å². The van der Waals surface area contributed by atoms with Gasteiger partial charge in [0.2, 0.25) is 0 Å². The lowest BCUT2D eigenvalue weighted by molar-refractivity contribution is 0.143. The Labute approximate surface area is 129 Å². The van der Waals surface area contributed by atoms with Gasteiger partial charge in [0, 0.05) is 10.9 Å². The van der Waals surface area contributed by atoms with Gasteiger partial charge in [0.05, 0.1) is 0 Å². The molecule has 0 saturated heterocycles. The van der Waals surface area contributed by atoms with Crippen molar-refractivity contribution in [3.05, 3.63) is 22.4 Å². The highest BCUT2D eigenvalue weighted by Crippen LogP contribution is 2.39. The molecule has 1 saturated carbocycles. The van der Waals surface area contributed by atoms with Crippen LogP contribution in [0.15, 0.2) is 17.5 Å². The van der Waals surface area contributed by atoms with E-state index in [9.17, 15) is 0 Å². The van der Waals surface area contributed by atoms with E-state index in [4.69, 9.17) is 0 Å².